The predicted octanol–water partition coefficient (Wildman–Crippen LogP) is 5.91. The maximum Gasteiger partial charge on any atom is 0.293 e. The third-order valence-corrected chi connectivity index (χ3v) is 4.79. The second kappa shape index (κ2) is 7.61. The Bertz CT molecular complexity index is 1140. The summed E-state index contributed by atoms with van der Waals surface area (Å²) in [5.41, 5.74) is 5.61. The average molecular weight is 370 g/mol. The van der Waals surface area contributed by atoms with E-state index in [4.69, 9.17) is 4.42 Å². The molecule has 0 bridgehead atoms. The summed E-state index contributed by atoms with van der Waals surface area (Å²) in [6.07, 6.45) is 0. The summed E-state index contributed by atoms with van der Waals surface area (Å²) >= 11 is 0. The summed E-state index contributed by atoms with van der Waals surface area (Å²) in [6.45, 7) is 4.68. The van der Waals surface area contributed by atoms with Crippen molar-refractivity contribution in [3.05, 3.63) is 95.2 Å². The number of furan rings is 1. The van der Waals surface area contributed by atoms with Crippen LogP contribution in [0.4, 0.5) is 11.4 Å². The molecule has 4 rings (SSSR count). The van der Waals surface area contributed by atoms with Gasteiger partial charge in [0.25, 0.3) is 5.91 Å². The third kappa shape index (κ3) is 3.62. The van der Waals surface area contributed by atoms with E-state index < -0.39 is 0 Å². The molecule has 0 aliphatic carbocycles. The zero-order valence-corrected chi connectivity index (χ0v) is 16.0. The van der Waals surface area contributed by atoms with Crippen molar-refractivity contribution in [3.63, 3.8) is 0 Å². The van der Waals surface area contributed by atoms with Crippen molar-refractivity contribution < 1.29 is 9.21 Å². The van der Waals surface area contributed by atoms with E-state index >= 15 is 0 Å². The Hall–Kier alpha value is -3.53. The van der Waals surface area contributed by atoms with Gasteiger partial charge >= 0.3 is 0 Å². The fourth-order valence-corrected chi connectivity index (χ4v) is 3.28. The fourth-order valence-electron chi connectivity index (χ4n) is 3.28. The molecule has 0 fully saturated rings. The molecule has 0 atom stereocenters. The van der Waals surface area contributed by atoms with E-state index in [-0.39, 0.29) is 11.7 Å². The summed E-state index contributed by atoms with van der Waals surface area (Å²) in [4.78, 5) is 12.9. The van der Waals surface area contributed by atoms with Gasteiger partial charge in [-0.25, -0.2) is 0 Å². The van der Waals surface area contributed by atoms with E-state index in [0.717, 1.165) is 16.6 Å². The maximum atomic E-state index is 12.9. The van der Waals surface area contributed by atoms with Gasteiger partial charge in [0, 0.05) is 17.6 Å². The molecule has 0 aliphatic rings. The number of aryl methyl sites for hydroxylation is 2. The molecule has 1 amide bonds. The lowest BCUT2D eigenvalue weighted by atomic mass is 10.1. The Morgan fingerprint density at radius 3 is 2.54 bits per heavy atom. The van der Waals surface area contributed by atoms with Gasteiger partial charge in [-0.05, 0) is 54.8 Å². The molecule has 0 unspecified atom stereocenters. The van der Waals surface area contributed by atoms with Gasteiger partial charge in [-0.1, -0.05) is 48.5 Å². The van der Waals surface area contributed by atoms with E-state index in [2.05, 4.69) is 29.7 Å². The Labute approximate surface area is 164 Å². The number of anilines is 2. The smallest absolute Gasteiger partial charge is 0.293 e. The van der Waals surface area contributed by atoms with Crippen LogP contribution in [0.3, 0.4) is 0 Å². The topological polar surface area (TPSA) is 54.3 Å². The first kappa shape index (κ1) is 17.9. The van der Waals surface area contributed by atoms with Crippen molar-refractivity contribution >= 4 is 28.3 Å². The molecule has 0 radical (unpaired) electrons. The Morgan fingerprint density at radius 1 is 0.929 bits per heavy atom. The molecule has 4 nitrogen and oxygen atoms in total. The van der Waals surface area contributed by atoms with Crippen LogP contribution < -0.4 is 10.6 Å². The number of rotatable bonds is 5. The normalized spacial score (nSPS) is 10.8. The average Bonchev–Trinajstić information content (AvgIpc) is 3.06. The number of hydrogen-bond donors (Lipinski definition) is 2. The van der Waals surface area contributed by atoms with Crippen LogP contribution in [0.2, 0.25) is 0 Å². The molecule has 1 aromatic heterocycles. The first-order chi connectivity index (χ1) is 13.6. The van der Waals surface area contributed by atoms with Gasteiger partial charge in [-0.2, -0.15) is 0 Å². The van der Waals surface area contributed by atoms with Crippen molar-refractivity contribution in [2.75, 3.05) is 10.6 Å². The summed E-state index contributed by atoms with van der Waals surface area (Å²) < 4.78 is 5.91. The van der Waals surface area contributed by atoms with Crippen molar-refractivity contribution in [1.82, 2.24) is 0 Å². The number of fused-ring (bicyclic) bond motifs is 1. The van der Waals surface area contributed by atoms with Crippen molar-refractivity contribution in [3.8, 4) is 0 Å². The Balaban J connectivity index is 1.66. The Kier molecular flexibility index (Phi) is 4.85. The van der Waals surface area contributed by atoms with E-state index in [9.17, 15) is 4.79 Å². The monoisotopic (exact) mass is 370 g/mol. The van der Waals surface area contributed by atoms with Crippen LogP contribution in [-0.4, -0.2) is 5.91 Å². The second-order valence-electron chi connectivity index (χ2n) is 6.91. The van der Waals surface area contributed by atoms with E-state index in [1.807, 2.05) is 67.6 Å². The molecule has 2 N–H and O–H groups in total. The third-order valence-electron chi connectivity index (χ3n) is 4.79. The van der Waals surface area contributed by atoms with Crippen LogP contribution in [0.5, 0.6) is 0 Å². The van der Waals surface area contributed by atoms with Crippen LogP contribution in [0.15, 0.2) is 77.2 Å². The van der Waals surface area contributed by atoms with Gasteiger partial charge in [-0.3, -0.25) is 4.79 Å². The highest BCUT2D eigenvalue weighted by Gasteiger charge is 2.20. The number of hydrogen-bond acceptors (Lipinski definition) is 3. The number of amides is 1. The molecular weight excluding hydrogens is 348 g/mol. The highest BCUT2D eigenvalue weighted by Crippen LogP contribution is 2.32. The van der Waals surface area contributed by atoms with Crippen molar-refractivity contribution in [2.24, 2.45) is 0 Å². The van der Waals surface area contributed by atoms with E-state index in [1.54, 1.807) is 0 Å². The molecule has 0 saturated heterocycles. The minimum atomic E-state index is -0.269. The lowest BCUT2D eigenvalue weighted by Gasteiger charge is -2.10. The molecular formula is C24H22N2O2. The molecule has 1 heterocycles. The summed E-state index contributed by atoms with van der Waals surface area (Å²) in [5.74, 6) is 0.0189. The Morgan fingerprint density at radius 2 is 1.71 bits per heavy atom. The SMILES string of the molecule is Cc1cccc(NC(=O)c2oc3ccccc3c2NCc2ccccc2C)c1. The zero-order chi connectivity index (χ0) is 19.5. The number of carbonyl (C=O) groups excluding carboxylic acids is 1. The lowest BCUT2D eigenvalue weighted by molar-refractivity contribution is 0.0999. The zero-order valence-electron chi connectivity index (χ0n) is 16.0. The van der Waals surface area contributed by atoms with Crippen molar-refractivity contribution in [1.29, 1.82) is 0 Å². The number of benzene rings is 3. The molecule has 0 saturated carbocycles. The fraction of sp³-hybridized carbons (Fsp3) is 0.125. The lowest BCUT2D eigenvalue weighted by Crippen LogP contribution is -2.13. The molecule has 3 aromatic carbocycles. The molecule has 4 aromatic rings. The second-order valence-corrected chi connectivity index (χ2v) is 6.91. The van der Waals surface area contributed by atoms with Crippen LogP contribution in [-0.2, 0) is 6.54 Å². The van der Waals surface area contributed by atoms with Gasteiger partial charge in [0.15, 0.2) is 0 Å². The predicted molar refractivity (Wildman–Crippen MR) is 114 cm³/mol. The van der Waals surface area contributed by atoms with Gasteiger partial charge in [0.1, 0.15) is 5.58 Å². The first-order valence-electron chi connectivity index (χ1n) is 9.30. The van der Waals surface area contributed by atoms with Crippen LogP contribution in [0.25, 0.3) is 11.0 Å². The molecule has 28 heavy (non-hydrogen) atoms. The van der Waals surface area contributed by atoms with Gasteiger partial charge in [0.2, 0.25) is 5.76 Å². The quantitative estimate of drug-likeness (QED) is 0.459. The van der Waals surface area contributed by atoms with Gasteiger partial charge in [-0.15, -0.1) is 0 Å². The van der Waals surface area contributed by atoms with Crippen LogP contribution in [0.1, 0.15) is 27.2 Å². The molecule has 4 heteroatoms. The number of nitrogens with one attached hydrogen (secondary N) is 2. The van der Waals surface area contributed by atoms with Gasteiger partial charge < -0.3 is 15.1 Å². The molecule has 140 valence electrons. The standard InChI is InChI=1S/C24H22N2O2/c1-16-8-7-11-19(14-16)26-24(27)23-22(20-12-5-6-13-21(20)28-23)25-15-18-10-4-3-9-17(18)2/h3-14,25H,15H2,1-2H3,(H,26,27). The first-order valence-corrected chi connectivity index (χ1v) is 9.30. The highest BCUT2D eigenvalue weighted by atomic mass is 16.3. The number of para-hydroxylation sites is 1. The summed E-state index contributed by atoms with van der Waals surface area (Å²) in [6, 6.07) is 23.6. The highest BCUT2D eigenvalue weighted by molar-refractivity contribution is 6.11. The summed E-state index contributed by atoms with van der Waals surface area (Å²) in [5, 5.41) is 7.25. The molecule has 0 spiro atoms. The van der Waals surface area contributed by atoms with Crippen LogP contribution >= 0.6 is 0 Å². The van der Waals surface area contributed by atoms with Crippen molar-refractivity contribution in [2.45, 2.75) is 20.4 Å². The van der Waals surface area contributed by atoms with E-state index in [0.29, 0.717) is 17.8 Å². The largest absolute Gasteiger partial charge is 0.449 e. The number of carbonyl (C=O) groups is 1. The van der Waals surface area contributed by atoms with Crippen LogP contribution in [0, 0.1) is 13.8 Å². The minimum absolute atomic E-state index is 0.269. The van der Waals surface area contributed by atoms with E-state index in [1.165, 1.54) is 11.1 Å². The minimum Gasteiger partial charge on any atom is -0.449 e. The summed E-state index contributed by atoms with van der Waals surface area (Å²) in [7, 11) is 0. The van der Waals surface area contributed by atoms with Gasteiger partial charge in [0.05, 0.1) is 5.69 Å². The maximum absolute atomic E-state index is 12.9. The molecule has 0 aliphatic heterocycles.